The Balaban J connectivity index is 1.87. The van der Waals surface area contributed by atoms with Crippen molar-refractivity contribution in [3.8, 4) is 0 Å². The highest BCUT2D eigenvalue weighted by Gasteiger charge is 2.41. The van der Waals surface area contributed by atoms with Gasteiger partial charge in [0.15, 0.2) is 5.82 Å². The summed E-state index contributed by atoms with van der Waals surface area (Å²) in [7, 11) is 0. The Kier molecular flexibility index (Phi) is 3.37. The standard InChI is InChI=1S/C15H18N4O2/c1-10-17-14(19-21-10)15(7-2-3-8-15)18-13(20)11-5-4-6-12(16)9-11/h4-6,9H,2-3,7-8,16H2,1H3,(H,18,20). The fraction of sp³-hybridized carbons (Fsp3) is 0.400. The summed E-state index contributed by atoms with van der Waals surface area (Å²) in [5.74, 6) is 0.913. The third-order valence-corrected chi connectivity index (χ3v) is 3.91. The number of carbonyl (C=O) groups excluding carboxylic acids is 1. The van der Waals surface area contributed by atoms with Crippen LogP contribution < -0.4 is 11.1 Å². The number of carbonyl (C=O) groups is 1. The number of aryl methyl sites for hydroxylation is 1. The maximum atomic E-state index is 12.5. The van der Waals surface area contributed by atoms with E-state index < -0.39 is 5.54 Å². The van der Waals surface area contributed by atoms with Gasteiger partial charge in [0.25, 0.3) is 5.91 Å². The van der Waals surface area contributed by atoms with Crippen LogP contribution in [0.3, 0.4) is 0 Å². The predicted molar refractivity (Wildman–Crippen MR) is 77.5 cm³/mol. The van der Waals surface area contributed by atoms with E-state index in [2.05, 4.69) is 15.5 Å². The lowest BCUT2D eigenvalue weighted by Gasteiger charge is -2.26. The Bertz CT molecular complexity index is 659. The molecule has 1 heterocycles. The Hall–Kier alpha value is -2.37. The van der Waals surface area contributed by atoms with Crippen LogP contribution in [0.1, 0.15) is 47.8 Å². The molecule has 6 heteroatoms. The van der Waals surface area contributed by atoms with Gasteiger partial charge >= 0.3 is 0 Å². The van der Waals surface area contributed by atoms with Crippen LogP contribution in [0.25, 0.3) is 0 Å². The molecule has 0 spiro atoms. The first-order valence-corrected chi connectivity index (χ1v) is 7.08. The van der Waals surface area contributed by atoms with Crippen molar-refractivity contribution in [3.63, 3.8) is 0 Å². The lowest BCUT2D eigenvalue weighted by atomic mass is 9.96. The molecule has 6 nitrogen and oxygen atoms in total. The fourth-order valence-corrected chi connectivity index (χ4v) is 2.85. The molecule has 0 atom stereocenters. The highest BCUT2D eigenvalue weighted by atomic mass is 16.5. The number of anilines is 1. The first kappa shape index (κ1) is 13.6. The van der Waals surface area contributed by atoms with Gasteiger partial charge in [0.1, 0.15) is 5.54 Å². The summed E-state index contributed by atoms with van der Waals surface area (Å²) < 4.78 is 5.08. The molecule has 0 bridgehead atoms. The van der Waals surface area contributed by atoms with Gasteiger partial charge in [-0.2, -0.15) is 4.98 Å². The van der Waals surface area contributed by atoms with Crippen molar-refractivity contribution in [2.45, 2.75) is 38.1 Å². The minimum atomic E-state index is -0.528. The van der Waals surface area contributed by atoms with Crippen LogP contribution in [-0.4, -0.2) is 16.0 Å². The molecule has 21 heavy (non-hydrogen) atoms. The number of nitrogens with one attached hydrogen (secondary N) is 1. The van der Waals surface area contributed by atoms with Gasteiger partial charge in [0, 0.05) is 18.2 Å². The number of hydrogen-bond donors (Lipinski definition) is 2. The van der Waals surface area contributed by atoms with E-state index in [9.17, 15) is 4.79 Å². The minimum Gasteiger partial charge on any atom is -0.399 e. The van der Waals surface area contributed by atoms with Gasteiger partial charge in [-0.15, -0.1) is 0 Å². The van der Waals surface area contributed by atoms with Crippen LogP contribution in [-0.2, 0) is 5.54 Å². The normalized spacial score (nSPS) is 16.8. The zero-order valence-corrected chi connectivity index (χ0v) is 11.9. The number of amides is 1. The molecule has 1 aromatic carbocycles. The SMILES string of the molecule is Cc1nc(C2(NC(=O)c3cccc(N)c3)CCCC2)no1. The molecule has 3 rings (SSSR count). The van der Waals surface area contributed by atoms with Crippen LogP contribution in [0.4, 0.5) is 5.69 Å². The number of hydrogen-bond acceptors (Lipinski definition) is 5. The zero-order valence-electron chi connectivity index (χ0n) is 11.9. The summed E-state index contributed by atoms with van der Waals surface area (Å²) in [6, 6.07) is 6.93. The molecule has 3 N–H and O–H groups in total. The van der Waals surface area contributed by atoms with Gasteiger partial charge in [0.05, 0.1) is 0 Å². The van der Waals surface area contributed by atoms with Crippen molar-refractivity contribution in [2.24, 2.45) is 0 Å². The van der Waals surface area contributed by atoms with Crippen molar-refractivity contribution in [3.05, 3.63) is 41.5 Å². The number of rotatable bonds is 3. The molecule has 0 unspecified atom stereocenters. The second-order valence-electron chi connectivity index (χ2n) is 5.51. The lowest BCUT2D eigenvalue weighted by Crippen LogP contribution is -2.44. The van der Waals surface area contributed by atoms with Gasteiger partial charge < -0.3 is 15.6 Å². The van der Waals surface area contributed by atoms with Crippen molar-refractivity contribution in [1.29, 1.82) is 0 Å². The molecule has 1 saturated carbocycles. The van der Waals surface area contributed by atoms with Crippen LogP contribution in [0, 0.1) is 6.92 Å². The van der Waals surface area contributed by atoms with Gasteiger partial charge in [-0.1, -0.05) is 24.1 Å². The highest BCUT2D eigenvalue weighted by Crippen LogP contribution is 2.37. The van der Waals surface area contributed by atoms with E-state index in [1.165, 1.54) is 0 Å². The second kappa shape index (κ2) is 5.20. The smallest absolute Gasteiger partial charge is 0.252 e. The molecule has 0 aliphatic heterocycles. The van der Waals surface area contributed by atoms with Gasteiger partial charge in [0.2, 0.25) is 5.89 Å². The Morgan fingerprint density at radius 2 is 2.14 bits per heavy atom. The second-order valence-corrected chi connectivity index (χ2v) is 5.51. The summed E-state index contributed by atoms with van der Waals surface area (Å²) in [5, 5.41) is 7.09. The Morgan fingerprint density at radius 3 is 2.76 bits per heavy atom. The van der Waals surface area contributed by atoms with Gasteiger partial charge in [-0.05, 0) is 31.0 Å². The van der Waals surface area contributed by atoms with E-state index in [4.69, 9.17) is 10.3 Å². The van der Waals surface area contributed by atoms with Crippen molar-refractivity contribution >= 4 is 11.6 Å². The summed E-state index contributed by atoms with van der Waals surface area (Å²) in [6.07, 6.45) is 3.70. The highest BCUT2D eigenvalue weighted by molar-refractivity contribution is 5.95. The average Bonchev–Trinajstić information content (AvgIpc) is 3.09. The van der Waals surface area contributed by atoms with E-state index in [1.54, 1.807) is 31.2 Å². The first-order valence-electron chi connectivity index (χ1n) is 7.08. The predicted octanol–water partition coefficient (Wildman–Crippen LogP) is 2.16. The van der Waals surface area contributed by atoms with E-state index in [0.717, 1.165) is 25.7 Å². The molecule has 1 fully saturated rings. The maximum Gasteiger partial charge on any atom is 0.252 e. The molecule has 110 valence electrons. The molecule has 1 aliphatic rings. The molecule has 1 aromatic heterocycles. The molecule has 2 aromatic rings. The van der Waals surface area contributed by atoms with E-state index in [0.29, 0.717) is 23.0 Å². The zero-order chi connectivity index (χ0) is 14.9. The monoisotopic (exact) mass is 286 g/mol. The molecular formula is C15H18N4O2. The van der Waals surface area contributed by atoms with E-state index >= 15 is 0 Å². The third kappa shape index (κ3) is 2.61. The number of nitrogens with zero attached hydrogens (tertiary/aromatic N) is 2. The van der Waals surface area contributed by atoms with Crippen molar-refractivity contribution < 1.29 is 9.32 Å². The molecule has 1 aliphatic carbocycles. The third-order valence-electron chi connectivity index (χ3n) is 3.91. The molecule has 0 saturated heterocycles. The number of nitrogen functional groups attached to an aromatic ring is 1. The Labute approximate surface area is 122 Å². The average molecular weight is 286 g/mol. The quantitative estimate of drug-likeness (QED) is 0.843. The fourth-order valence-electron chi connectivity index (χ4n) is 2.85. The molecule has 0 radical (unpaired) electrons. The lowest BCUT2D eigenvalue weighted by molar-refractivity contribution is 0.0892. The van der Waals surface area contributed by atoms with Gasteiger partial charge in [-0.25, -0.2) is 0 Å². The maximum absolute atomic E-state index is 12.5. The summed E-state index contributed by atoms with van der Waals surface area (Å²) in [6.45, 7) is 1.75. The van der Waals surface area contributed by atoms with Crippen LogP contribution >= 0.6 is 0 Å². The molecule has 1 amide bonds. The van der Waals surface area contributed by atoms with E-state index in [1.807, 2.05) is 0 Å². The summed E-state index contributed by atoms with van der Waals surface area (Å²) in [5.41, 5.74) is 6.32. The first-order chi connectivity index (χ1) is 10.1. The van der Waals surface area contributed by atoms with Gasteiger partial charge in [-0.3, -0.25) is 4.79 Å². The van der Waals surface area contributed by atoms with Crippen LogP contribution in [0.15, 0.2) is 28.8 Å². The largest absolute Gasteiger partial charge is 0.399 e. The number of benzene rings is 1. The number of nitrogens with two attached hydrogens (primary N) is 1. The number of aromatic nitrogens is 2. The summed E-state index contributed by atoms with van der Waals surface area (Å²) >= 11 is 0. The molecular weight excluding hydrogens is 268 g/mol. The van der Waals surface area contributed by atoms with Crippen LogP contribution in [0.2, 0.25) is 0 Å². The topological polar surface area (TPSA) is 94.0 Å². The van der Waals surface area contributed by atoms with Crippen LogP contribution in [0.5, 0.6) is 0 Å². The van der Waals surface area contributed by atoms with Crippen molar-refractivity contribution in [2.75, 3.05) is 5.73 Å². The van der Waals surface area contributed by atoms with E-state index in [-0.39, 0.29) is 5.91 Å². The minimum absolute atomic E-state index is 0.161. The van der Waals surface area contributed by atoms with Crippen molar-refractivity contribution in [1.82, 2.24) is 15.5 Å². The Morgan fingerprint density at radius 1 is 1.38 bits per heavy atom. The summed E-state index contributed by atoms with van der Waals surface area (Å²) in [4.78, 5) is 16.8.